The van der Waals surface area contributed by atoms with Gasteiger partial charge in [-0.2, -0.15) is 5.10 Å². The van der Waals surface area contributed by atoms with Gasteiger partial charge in [-0.1, -0.05) is 12.1 Å². The minimum absolute atomic E-state index is 0.534. The Morgan fingerprint density at radius 1 is 1.37 bits per heavy atom. The second kappa shape index (κ2) is 4.74. The van der Waals surface area contributed by atoms with Crippen LogP contribution in [0.3, 0.4) is 0 Å². The fraction of sp³-hybridized carbons (Fsp3) is 0.0769. The van der Waals surface area contributed by atoms with Gasteiger partial charge in [-0.25, -0.2) is 4.98 Å². The molecule has 0 bridgehead atoms. The molecule has 0 saturated carbocycles. The van der Waals surface area contributed by atoms with Gasteiger partial charge in [0.1, 0.15) is 16.6 Å². The van der Waals surface area contributed by atoms with Crippen molar-refractivity contribution in [2.24, 2.45) is 0 Å². The summed E-state index contributed by atoms with van der Waals surface area (Å²) in [5.41, 5.74) is 8.55. The summed E-state index contributed by atoms with van der Waals surface area (Å²) in [6.07, 6.45) is 1.68. The highest BCUT2D eigenvalue weighted by Crippen LogP contribution is 2.31. The molecule has 3 rings (SSSR count). The number of anilines is 1. The number of hydrogen-bond acceptors (Lipinski definition) is 5. The summed E-state index contributed by atoms with van der Waals surface area (Å²) >= 11 is 1.54. The van der Waals surface area contributed by atoms with Crippen LogP contribution in [0.2, 0.25) is 0 Å². The molecule has 19 heavy (non-hydrogen) atoms. The van der Waals surface area contributed by atoms with Crippen molar-refractivity contribution in [1.82, 2.24) is 15.2 Å². The third-order valence-electron chi connectivity index (χ3n) is 2.77. The van der Waals surface area contributed by atoms with Crippen LogP contribution >= 0.6 is 11.3 Å². The Hall–Kier alpha value is -2.34. The molecule has 5 nitrogen and oxygen atoms in total. The zero-order chi connectivity index (χ0) is 13.2. The second-order valence-electron chi connectivity index (χ2n) is 3.97. The number of nitrogen functional groups attached to an aromatic ring is 1. The van der Waals surface area contributed by atoms with Crippen molar-refractivity contribution < 1.29 is 4.74 Å². The monoisotopic (exact) mass is 272 g/mol. The summed E-state index contributed by atoms with van der Waals surface area (Å²) in [7, 11) is 1.65. The largest absolute Gasteiger partial charge is 0.497 e. The summed E-state index contributed by atoms with van der Waals surface area (Å²) in [5, 5.41) is 9.46. The SMILES string of the molecule is COc1cccc(-c2csc(-c3cn[nH]c3N)n2)c1. The number of aromatic nitrogens is 3. The molecule has 0 fully saturated rings. The van der Waals surface area contributed by atoms with Crippen LogP contribution in [0.15, 0.2) is 35.8 Å². The summed E-state index contributed by atoms with van der Waals surface area (Å²) < 4.78 is 5.22. The summed E-state index contributed by atoms with van der Waals surface area (Å²) in [4.78, 5) is 4.58. The maximum Gasteiger partial charge on any atom is 0.129 e. The Morgan fingerprint density at radius 3 is 3.00 bits per heavy atom. The number of nitrogens with zero attached hydrogens (tertiary/aromatic N) is 2. The molecule has 6 heteroatoms. The number of hydrogen-bond donors (Lipinski definition) is 2. The molecular formula is C13H12N4OS. The zero-order valence-corrected chi connectivity index (χ0v) is 11.1. The second-order valence-corrected chi connectivity index (χ2v) is 4.83. The summed E-state index contributed by atoms with van der Waals surface area (Å²) in [6, 6.07) is 7.81. The molecule has 3 N–H and O–H groups in total. The van der Waals surface area contributed by atoms with Crippen LogP contribution in [0, 0.1) is 0 Å². The lowest BCUT2D eigenvalue weighted by molar-refractivity contribution is 0.415. The zero-order valence-electron chi connectivity index (χ0n) is 10.3. The number of methoxy groups -OCH3 is 1. The number of rotatable bonds is 3. The fourth-order valence-electron chi connectivity index (χ4n) is 1.78. The van der Waals surface area contributed by atoms with Crippen molar-refractivity contribution in [3.8, 4) is 27.6 Å². The van der Waals surface area contributed by atoms with Crippen LogP contribution in [0.1, 0.15) is 0 Å². The van der Waals surface area contributed by atoms with Gasteiger partial charge < -0.3 is 10.5 Å². The first-order valence-corrected chi connectivity index (χ1v) is 6.55. The molecule has 1 aromatic carbocycles. The predicted molar refractivity (Wildman–Crippen MR) is 76.1 cm³/mol. The van der Waals surface area contributed by atoms with Gasteiger partial charge >= 0.3 is 0 Å². The van der Waals surface area contributed by atoms with Gasteiger partial charge in [0.15, 0.2) is 0 Å². The van der Waals surface area contributed by atoms with Crippen LogP contribution in [-0.2, 0) is 0 Å². The molecule has 0 aliphatic heterocycles. The van der Waals surface area contributed by atoms with Gasteiger partial charge in [0, 0.05) is 10.9 Å². The first-order valence-electron chi connectivity index (χ1n) is 5.67. The van der Waals surface area contributed by atoms with E-state index in [0.717, 1.165) is 27.6 Å². The van der Waals surface area contributed by atoms with E-state index >= 15 is 0 Å². The minimum Gasteiger partial charge on any atom is -0.497 e. The highest BCUT2D eigenvalue weighted by molar-refractivity contribution is 7.13. The van der Waals surface area contributed by atoms with Gasteiger partial charge in [0.25, 0.3) is 0 Å². The molecule has 0 radical (unpaired) electrons. The molecule has 0 saturated heterocycles. The lowest BCUT2D eigenvalue weighted by atomic mass is 10.1. The molecule has 2 aromatic heterocycles. The van der Waals surface area contributed by atoms with E-state index in [9.17, 15) is 0 Å². The lowest BCUT2D eigenvalue weighted by Gasteiger charge is -2.01. The number of benzene rings is 1. The Labute approximate surface area is 114 Å². The van der Waals surface area contributed by atoms with E-state index in [2.05, 4.69) is 15.2 Å². The molecule has 3 aromatic rings. The highest BCUT2D eigenvalue weighted by atomic mass is 32.1. The number of nitrogens with one attached hydrogen (secondary N) is 1. The van der Waals surface area contributed by atoms with Crippen molar-refractivity contribution in [1.29, 1.82) is 0 Å². The normalized spacial score (nSPS) is 10.6. The number of aromatic amines is 1. The van der Waals surface area contributed by atoms with Crippen LogP contribution in [-0.4, -0.2) is 22.3 Å². The highest BCUT2D eigenvalue weighted by Gasteiger charge is 2.11. The first kappa shape index (κ1) is 11.7. The van der Waals surface area contributed by atoms with Crippen LogP contribution in [0.25, 0.3) is 21.8 Å². The number of ether oxygens (including phenoxy) is 1. The van der Waals surface area contributed by atoms with Gasteiger partial charge in [-0.3, -0.25) is 5.10 Å². The van der Waals surface area contributed by atoms with Crippen molar-refractivity contribution >= 4 is 17.2 Å². The number of H-pyrrole nitrogens is 1. The third kappa shape index (κ3) is 2.17. The quantitative estimate of drug-likeness (QED) is 0.768. The van der Waals surface area contributed by atoms with E-state index in [4.69, 9.17) is 10.5 Å². The molecule has 2 heterocycles. The Balaban J connectivity index is 1.99. The molecule has 0 atom stereocenters. The molecule has 0 amide bonds. The lowest BCUT2D eigenvalue weighted by Crippen LogP contribution is -1.87. The van der Waals surface area contributed by atoms with Crippen LogP contribution in [0.4, 0.5) is 5.82 Å². The van der Waals surface area contributed by atoms with E-state index in [1.807, 2.05) is 29.6 Å². The maximum absolute atomic E-state index is 5.79. The van der Waals surface area contributed by atoms with E-state index in [1.54, 1.807) is 13.3 Å². The van der Waals surface area contributed by atoms with E-state index in [0.29, 0.717) is 5.82 Å². The Morgan fingerprint density at radius 2 is 2.26 bits per heavy atom. The standard InChI is InChI=1S/C13H12N4OS/c1-18-9-4-2-3-8(5-9)11-7-19-13(16-11)10-6-15-17-12(10)14/h2-7H,1H3,(H3,14,15,17). The smallest absolute Gasteiger partial charge is 0.129 e. The van der Waals surface area contributed by atoms with Crippen molar-refractivity contribution in [3.05, 3.63) is 35.8 Å². The third-order valence-corrected chi connectivity index (χ3v) is 3.64. The predicted octanol–water partition coefficient (Wildman–Crippen LogP) is 2.79. The number of thiazole rings is 1. The molecule has 0 aliphatic rings. The van der Waals surface area contributed by atoms with Crippen molar-refractivity contribution in [2.75, 3.05) is 12.8 Å². The molecule has 0 unspecified atom stereocenters. The Kier molecular flexibility index (Phi) is 2.92. The molecule has 96 valence electrons. The Bertz CT molecular complexity index is 704. The summed E-state index contributed by atoms with van der Waals surface area (Å²) in [6.45, 7) is 0. The van der Waals surface area contributed by atoms with Gasteiger partial charge in [-0.05, 0) is 12.1 Å². The van der Waals surface area contributed by atoms with Gasteiger partial charge in [0.05, 0.1) is 24.6 Å². The molecule has 0 aliphatic carbocycles. The van der Waals surface area contributed by atoms with Gasteiger partial charge in [-0.15, -0.1) is 11.3 Å². The molecule has 0 spiro atoms. The van der Waals surface area contributed by atoms with Crippen LogP contribution in [0.5, 0.6) is 5.75 Å². The summed E-state index contributed by atoms with van der Waals surface area (Å²) in [5.74, 6) is 1.35. The maximum atomic E-state index is 5.79. The average Bonchev–Trinajstić information content (AvgIpc) is 3.07. The number of nitrogens with two attached hydrogens (primary N) is 1. The fourth-order valence-corrected chi connectivity index (χ4v) is 2.63. The van der Waals surface area contributed by atoms with Crippen LogP contribution < -0.4 is 10.5 Å². The first-order chi connectivity index (χ1) is 9.28. The van der Waals surface area contributed by atoms with E-state index < -0.39 is 0 Å². The van der Waals surface area contributed by atoms with E-state index in [1.165, 1.54) is 11.3 Å². The van der Waals surface area contributed by atoms with Crippen molar-refractivity contribution in [3.63, 3.8) is 0 Å². The van der Waals surface area contributed by atoms with Crippen molar-refractivity contribution in [2.45, 2.75) is 0 Å². The van der Waals surface area contributed by atoms with E-state index in [-0.39, 0.29) is 0 Å². The molecular weight excluding hydrogens is 260 g/mol. The average molecular weight is 272 g/mol. The van der Waals surface area contributed by atoms with Gasteiger partial charge in [0.2, 0.25) is 0 Å². The minimum atomic E-state index is 0.534. The topological polar surface area (TPSA) is 76.8 Å².